The van der Waals surface area contributed by atoms with Crippen LogP contribution in [0.4, 0.5) is 17.2 Å². The van der Waals surface area contributed by atoms with E-state index in [1.165, 1.54) is 11.3 Å². The summed E-state index contributed by atoms with van der Waals surface area (Å²) in [5.41, 5.74) is 9.11. The summed E-state index contributed by atoms with van der Waals surface area (Å²) in [6.45, 7) is 1.02. The van der Waals surface area contributed by atoms with Gasteiger partial charge in [-0.3, -0.25) is 4.79 Å². The Labute approximate surface area is 117 Å². The molecule has 3 rings (SSSR count). The Kier molecular flexibility index (Phi) is 3.25. The summed E-state index contributed by atoms with van der Waals surface area (Å²) in [6, 6.07) is 9.46. The molecule has 0 saturated heterocycles. The third-order valence-electron chi connectivity index (χ3n) is 3.38. The predicted octanol–water partition coefficient (Wildman–Crippen LogP) is 2.28. The third kappa shape index (κ3) is 2.42. The van der Waals surface area contributed by atoms with Crippen molar-refractivity contribution in [2.24, 2.45) is 5.73 Å². The first-order chi connectivity index (χ1) is 9.74. The number of amides is 1. The van der Waals surface area contributed by atoms with Gasteiger partial charge in [-0.2, -0.15) is 0 Å². The first-order valence-electron chi connectivity index (χ1n) is 6.63. The van der Waals surface area contributed by atoms with Crippen molar-refractivity contribution >= 4 is 23.1 Å². The second-order valence-electron chi connectivity index (χ2n) is 4.79. The smallest absolute Gasteiger partial charge is 0.252 e. The number of carbonyl (C=O) groups is 1. The molecule has 2 heterocycles. The number of anilines is 3. The Morgan fingerprint density at radius 1 is 1.35 bits per heavy atom. The molecular weight excluding hydrogens is 252 g/mol. The highest BCUT2D eigenvalue weighted by atomic mass is 16.1. The summed E-state index contributed by atoms with van der Waals surface area (Å²) in [4.78, 5) is 15.6. The van der Waals surface area contributed by atoms with Gasteiger partial charge in [-0.05, 0) is 48.7 Å². The number of nitrogens with one attached hydrogen (secondary N) is 2. The minimum absolute atomic E-state index is 0.392. The number of carbonyl (C=O) groups excluding carboxylic acids is 1. The number of hydrogen-bond donors (Lipinski definition) is 3. The molecule has 1 aromatic heterocycles. The van der Waals surface area contributed by atoms with Gasteiger partial charge in [-0.25, -0.2) is 4.98 Å². The van der Waals surface area contributed by atoms with Crippen LogP contribution in [0.15, 0.2) is 36.5 Å². The van der Waals surface area contributed by atoms with Crippen molar-refractivity contribution in [1.29, 1.82) is 0 Å². The molecule has 0 aliphatic carbocycles. The van der Waals surface area contributed by atoms with Crippen LogP contribution in [0.3, 0.4) is 0 Å². The van der Waals surface area contributed by atoms with Gasteiger partial charge in [-0.1, -0.05) is 0 Å². The molecule has 0 atom stereocenters. The number of primary amides is 1. The van der Waals surface area contributed by atoms with Crippen LogP contribution in [0, 0.1) is 0 Å². The maximum atomic E-state index is 11.4. The van der Waals surface area contributed by atoms with E-state index in [-0.39, 0.29) is 0 Å². The van der Waals surface area contributed by atoms with Crippen molar-refractivity contribution in [2.75, 3.05) is 17.2 Å². The topological polar surface area (TPSA) is 80.0 Å². The molecule has 5 heteroatoms. The maximum Gasteiger partial charge on any atom is 0.252 e. The quantitative estimate of drug-likeness (QED) is 0.797. The summed E-state index contributed by atoms with van der Waals surface area (Å²) >= 11 is 0. The van der Waals surface area contributed by atoms with Crippen LogP contribution in [0.5, 0.6) is 0 Å². The number of aryl methyl sites for hydroxylation is 1. The van der Waals surface area contributed by atoms with Gasteiger partial charge in [0.1, 0.15) is 5.82 Å². The largest absolute Gasteiger partial charge is 0.385 e. The van der Waals surface area contributed by atoms with Crippen LogP contribution in [0.1, 0.15) is 22.3 Å². The Bertz CT molecular complexity index is 654. The fraction of sp³-hybridized carbons (Fsp3) is 0.200. The van der Waals surface area contributed by atoms with E-state index in [2.05, 4.69) is 21.7 Å². The van der Waals surface area contributed by atoms with Crippen LogP contribution in [0.2, 0.25) is 0 Å². The van der Waals surface area contributed by atoms with Crippen molar-refractivity contribution < 1.29 is 4.79 Å². The number of fused-ring (bicyclic) bond motifs is 1. The summed E-state index contributed by atoms with van der Waals surface area (Å²) in [6.07, 6.45) is 3.82. The average molecular weight is 268 g/mol. The molecule has 1 aromatic carbocycles. The number of nitrogens with two attached hydrogens (primary N) is 1. The molecule has 1 aliphatic rings. The molecule has 0 fully saturated rings. The van der Waals surface area contributed by atoms with E-state index in [1.807, 2.05) is 12.1 Å². The number of nitrogens with zero attached hydrogens (tertiary/aromatic N) is 1. The number of aromatic nitrogens is 1. The molecular formula is C15H16N4O. The first kappa shape index (κ1) is 12.5. The van der Waals surface area contributed by atoms with E-state index in [4.69, 9.17) is 5.73 Å². The lowest BCUT2D eigenvalue weighted by atomic mass is 10.0. The van der Waals surface area contributed by atoms with Crippen LogP contribution in [-0.4, -0.2) is 17.4 Å². The number of hydrogen-bond acceptors (Lipinski definition) is 4. The van der Waals surface area contributed by atoms with Crippen molar-refractivity contribution in [1.82, 2.24) is 4.98 Å². The van der Waals surface area contributed by atoms with Gasteiger partial charge < -0.3 is 16.4 Å². The second-order valence-corrected chi connectivity index (χ2v) is 4.79. The molecule has 5 nitrogen and oxygen atoms in total. The van der Waals surface area contributed by atoms with Crippen LogP contribution < -0.4 is 16.4 Å². The molecule has 4 N–H and O–H groups in total. The van der Waals surface area contributed by atoms with Crippen LogP contribution in [-0.2, 0) is 6.42 Å². The molecule has 0 unspecified atom stereocenters. The predicted molar refractivity (Wildman–Crippen MR) is 79.3 cm³/mol. The summed E-state index contributed by atoms with van der Waals surface area (Å²) in [7, 11) is 0. The van der Waals surface area contributed by atoms with Gasteiger partial charge in [0.15, 0.2) is 0 Å². The Morgan fingerprint density at radius 3 is 3.10 bits per heavy atom. The van der Waals surface area contributed by atoms with E-state index < -0.39 is 5.91 Å². The molecule has 2 aromatic rings. The molecule has 0 radical (unpaired) electrons. The zero-order valence-corrected chi connectivity index (χ0v) is 11.0. The van der Waals surface area contributed by atoms with Gasteiger partial charge >= 0.3 is 0 Å². The minimum Gasteiger partial charge on any atom is -0.385 e. The molecule has 102 valence electrons. The molecule has 0 saturated carbocycles. The summed E-state index contributed by atoms with van der Waals surface area (Å²) in [5.74, 6) is 0.00365. The molecule has 1 aliphatic heterocycles. The second kappa shape index (κ2) is 5.21. The zero-order valence-electron chi connectivity index (χ0n) is 11.0. The van der Waals surface area contributed by atoms with E-state index in [0.29, 0.717) is 11.4 Å². The average Bonchev–Trinajstić information content (AvgIpc) is 2.47. The lowest BCUT2D eigenvalue weighted by molar-refractivity contribution is 0.100. The third-order valence-corrected chi connectivity index (χ3v) is 3.38. The molecule has 20 heavy (non-hydrogen) atoms. The van der Waals surface area contributed by atoms with Crippen LogP contribution >= 0.6 is 0 Å². The molecule has 1 amide bonds. The number of pyridine rings is 1. The van der Waals surface area contributed by atoms with Gasteiger partial charge in [0.25, 0.3) is 5.91 Å². The van der Waals surface area contributed by atoms with Gasteiger partial charge in [-0.15, -0.1) is 0 Å². The lowest BCUT2D eigenvalue weighted by Gasteiger charge is -2.19. The van der Waals surface area contributed by atoms with Crippen LogP contribution in [0.25, 0.3) is 0 Å². The summed E-state index contributed by atoms with van der Waals surface area (Å²) in [5, 5.41) is 6.53. The summed E-state index contributed by atoms with van der Waals surface area (Å²) < 4.78 is 0. The molecule has 0 spiro atoms. The van der Waals surface area contributed by atoms with Crippen molar-refractivity contribution in [2.45, 2.75) is 12.8 Å². The Balaban J connectivity index is 1.90. The van der Waals surface area contributed by atoms with E-state index in [1.54, 1.807) is 18.3 Å². The zero-order chi connectivity index (χ0) is 13.9. The van der Waals surface area contributed by atoms with E-state index in [0.717, 1.165) is 25.1 Å². The minimum atomic E-state index is -0.486. The fourth-order valence-corrected chi connectivity index (χ4v) is 2.39. The number of benzene rings is 1. The maximum absolute atomic E-state index is 11.4. The highest BCUT2D eigenvalue weighted by molar-refractivity contribution is 5.98. The molecule has 0 bridgehead atoms. The first-order valence-corrected chi connectivity index (χ1v) is 6.63. The highest BCUT2D eigenvalue weighted by Crippen LogP contribution is 2.27. The van der Waals surface area contributed by atoms with Crippen molar-refractivity contribution in [3.05, 3.63) is 47.7 Å². The highest BCUT2D eigenvalue weighted by Gasteiger charge is 2.11. The van der Waals surface area contributed by atoms with Gasteiger partial charge in [0.2, 0.25) is 0 Å². The fourth-order valence-electron chi connectivity index (χ4n) is 2.39. The van der Waals surface area contributed by atoms with Crippen molar-refractivity contribution in [3.63, 3.8) is 0 Å². The lowest BCUT2D eigenvalue weighted by Crippen LogP contribution is -2.14. The van der Waals surface area contributed by atoms with Crippen molar-refractivity contribution in [3.8, 4) is 0 Å². The SMILES string of the molecule is NC(=O)c1cccnc1Nc1ccc2c(c1)CCCN2. The monoisotopic (exact) mass is 268 g/mol. The number of rotatable bonds is 3. The van der Waals surface area contributed by atoms with Gasteiger partial charge in [0, 0.05) is 24.1 Å². The standard InChI is InChI=1S/C15H16N4O/c16-14(20)12-4-2-8-18-15(12)19-11-5-6-13-10(9-11)3-1-7-17-13/h2,4-6,8-9,17H,1,3,7H2,(H2,16,20)(H,18,19). The Hall–Kier alpha value is -2.56. The Morgan fingerprint density at radius 2 is 2.25 bits per heavy atom. The van der Waals surface area contributed by atoms with Gasteiger partial charge in [0.05, 0.1) is 5.56 Å². The van der Waals surface area contributed by atoms with E-state index >= 15 is 0 Å². The normalized spacial score (nSPS) is 13.2. The van der Waals surface area contributed by atoms with E-state index in [9.17, 15) is 4.79 Å².